The van der Waals surface area contributed by atoms with E-state index in [0.717, 1.165) is 12.8 Å². The fraction of sp³-hybridized carbons (Fsp3) is 0.455. The van der Waals surface area contributed by atoms with Gasteiger partial charge in [-0.1, -0.05) is 0 Å². The van der Waals surface area contributed by atoms with Gasteiger partial charge in [0.2, 0.25) is 15.9 Å². The van der Waals surface area contributed by atoms with E-state index in [2.05, 4.69) is 36.4 Å². The van der Waals surface area contributed by atoms with Crippen LogP contribution in [0, 0.1) is 5.92 Å². The zero-order valence-electron chi connectivity index (χ0n) is 11.1. The van der Waals surface area contributed by atoms with Gasteiger partial charge < -0.3 is 10.7 Å². The molecule has 2 rings (SSSR count). The summed E-state index contributed by atoms with van der Waals surface area (Å²) in [4.78, 5) is 15.2. The van der Waals surface area contributed by atoms with Crippen LogP contribution in [0.2, 0.25) is 0 Å². The van der Waals surface area contributed by atoms with Crippen molar-refractivity contribution in [3.63, 3.8) is 0 Å². The molecule has 0 atom stereocenters. The minimum Gasteiger partial charge on any atom is -0.355 e. The fourth-order valence-corrected chi connectivity index (χ4v) is 3.33. The molecule has 1 aromatic rings. The second-order valence-corrected chi connectivity index (χ2v) is 7.26. The summed E-state index contributed by atoms with van der Waals surface area (Å²) >= 11 is 3.16. The Morgan fingerprint density at radius 2 is 2.14 bits per heavy atom. The standard InChI is InChI=1S/C11H16BrN5O3S/c12-8-5-9(10(17-13)15-6-8)21(19,20)16-4-3-14-11(18)7-1-2-7/h5-7,16H,1-4,13H2,(H,14,18)(H,15,17). The maximum atomic E-state index is 12.2. The number of rotatable bonds is 7. The van der Waals surface area contributed by atoms with Gasteiger partial charge in [0.05, 0.1) is 0 Å². The number of nitrogen functional groups attached to an aromatic ring is 1. The molecule has 1 aliphatic rings. The van der Waals surface area contributed by atoms with Gasteiger partial charge in [-0.15, -0.1) is 0 Å². The molecule has 1 heterocycles. The van der Waals surface area contributed by atoms with Crippen LogP contribution in [0.3, 0.4) is 0 Å². The van der Waals surface area contributed by atoms with Gasteiger partial charge in [-0.05, 0) is 34.8 Å². The van der Waals surface area contributed by atoms with Crippen LogP contribution in [0.15, 0.2) is 21.6 Å². The van der Waals surface area contributed by atoms with Crippen molar-refractivity contribution >= 4 is 37.7 Å². The van der Waals surface area contributed by atoms with Crippen molar-refractivity contribution in [1.82, 2.24) is 15.0 Å². The number of nitrogens with zero attached hydrogens (tertiary/aromatic N) is 1. The highest BCUT2D eigenvalue weighted by atomic mass is 79.9. The Morgan fingerprint density at radius 3 is 2.76 bits per heavy atom. The van der Waals surface area contributed by atoms with Crippen LogP contribution in [0.1, 0.15) is 12.8 Å². The maximum Gasteiger partial charge on any atom is 0.244 e. The summed E-state index contributed by atoms with van der Waals surface area (Å²) in [7, 11) is -3.76. The smallest absolute Gasteiger partial charge is 0.244 e. The van der Waals surface area contributed by atoms with Crippen molar-refractivity contribution in [3.05, 3.63) is 16.7 Å². The van der Waals surface area contributed by atoms with Gasteiger partial charge in [-0.2, -0.15) is 0 Å². The van der Waals surface area contributed by atoms with E-state index in [1.54, 1.807) is 0 Å². The molecule has 0 radical (unpaired) electrons. The first-order valence-corrected chi connectivity index (χ1v) is 8.61. The van der Waals surface area contributed by atoms with Gasteiger partial charge in [-0.25, -0.2) is 24.0 Å². The van der Waals surface area contributed by atoms with Crippen LogP contribution in [-0.4, -0.2) is 32.4 Å². The molecule has 1 saturated carbocycles. The maximum absolute atomic E-state index is 12.2. The lowest BCUT2D eigenvalue weighted by Gasteiger charge is -2.11. The summed E-state index contributed by atoms with van der Waals surface area (Å²) in [5, 5.41) is 2.68. The van der Waals surface area contributed by atoms with Crippen molar-refractivity contribution in [1.29, 1.82) is 0 Å². The number of nitrogens with two attached hydrogens (primary N) is 1. The normalized spacial score (nSPS) is 14.8. The van der Waals surface area contributed by atoms with Crippen molar-refractivity contribution in [3.8, 4) is 0 Å². The van der Waals surface area contributed by atoms with Crippen molar-refractivity contribution < 1.29 is 13.2 Å². The number of amides is 1. The Morgan fingerprint density at radius 1 is 1.43 bits per heavy atom. The number of hydrazine groups is 1. The number of halogens is 1. The van der Waals surface area contributed by atoms with Crippen LogP contribution < -0.4 is 21.3 Å². The molecule has 116 valence electrons. The number of anilines is 1. The van der Waals surface area contributed by atoms with Gasteiger partial charge in [0.15, 0.2) is 5.82 Å². The van der Waals surface area contributed by atoms with E-state index >= 15 is 0 Å². The molecule has 10 heteroatoms. The molecule has 0 spiro atoms. The molecule has 5 N–H and O–H groups in total. The largest absolute Gasteiger partial charge is 0.355 e. The van der Waals surface area contributed by atoms with Gasteiger partial charge >= 0.3 is 0 Å². The van der Waals surface area contributed by atoms with E-state index in [9.17, 15) is 13.2 Å². The number of pyridine rings is 1. The van der Waals surface area contributed by atoms with Gasteiger partial charge in [0.25, 0.3) is 0 Å². The monoisotopic (exact) mass is 377 g/mol. The number of aromatic nitrogens is 1. The lowest BCUT2D eigenvalue weighted by Crippen LogP contribution is -2.35. The third-order valence-electron chi connectivity index (χ3n) is 2.91. The average Bonchev–Trinajstić information content (AvgIpc) is 3.28. The molecular weight excluding hydrogens is 362 g/mol. The van der Waals surface area contributed by atoms with Crippen molar-refractivity contribution in [2.75, 3.05) is 18.5 Å². The van der Waals surface area contributed by atoms with Gasteiger partial charge in [0, 0.05) is 29.7 Å². The lowest BCUT2D eigenvalue weighted by molar-refractivity contribution is -0.122. The molecule has 1 aromatic heterocycles. The first-order chi connectivity index (χ1) is 9.94. The summed E-state index contributed by atoms with van der Waals surface area (Å²) in [5.41, 5.74) is 2.24. The van der Waals surface area contributed by atoms with Crippen LogP contribution in [0.25, 0.3) is 0 Å². The first kappa shape index (κ1) is 16.1. The highest BCUT2D eigenvalue weighted by Crippen LogP contribution is 2.28. The zero-order valence-corrected chi connectivity index (χ0v) is 13.5. The number of hydrogen-bond acceptors (Lipinski definition) is 6. The minimum atomic E-state index is -3.76. The van der Waals surface area contributed by atoms with E-state index < -0.39 is 10.0 Å². The molecule has 0 aliphatic heterocycles. The molecule has 0 unspecified atom stereocenters. The molecule has 1 aliphatic carbocycles. The van der Waals surface area contributed by atoms with Crippen LogP contribution in [-0.2, 0) is 14.8 Å². The highest BCUT2D eigenvalue weighted by Gasteiger charge is 2.29. The summed E-state index contributed by atoms with van der Waals surface area (Å²) in [6.45, 7) is 0.332. The predicted octanol–water partition coefficient (Wildman–Crippen LogP) is -0.0658. The van der Waals surface area contributed by atoms with E-state index in [1.165, 1.54) is 12.3 Å². The van der Waals surface area contributed by atoms with Crippen LogP contribution in [0.5, 0.6) is 0 Å². The molecule has 0 bridgehead atoms. The lowest BCUT2D eigenvalue weighted by atomic mass is 10.4. The van der Waals surface area contributed by atoms with E-state index in [0.29, 0.717) is 4.47 Å². The van der Waals surface area contributed by atoms with Crippen molar-refractivity contribution in [2.45, 2.75) is 17.7 Å². The Bertz CT molecular complexity index is 633. The molecule has 1 amide bonds. The van der Waals surface area contributed by atoms with Crippen LogP contribution >= 0.6 is 15.9 Å². The third kappa shape index (κ3) is 4.37. The highest BCUT2D eigenvalue weighted by molar-refractivity contribution is 9.10. The second-order valence-electron chi connectivity index (χ2n) is 4.61. The molecule has 8 nitrogen and oxygen atoms in total. The Labute approximate surface area is 131 Å². The molecule has 0 aromatic carbocycles. The van der Waals surface area contributed by atoms with E-state index in [4.69, 9.17) is 5.84 Å². The molecule has 21 heavy (non-hydrogen) atoms. The summed E-state index contributed by atoms with van der Waals surface area (Å²) in [6, 6.07) is 1.40. The third-order valence-corrected chi connectivity index (χ3v) is 4.82. The Kier molecular flexibility index (Phi) is 5.14. The second kappa shape index (κ2) is 6.69. The number of nitrogens with one attached hydrogen (secondary N) is 3. The quantitative estimate of drug-likeness (QED) is 0.299. The molecule has 1 fully saturated rings. The van der Waals surface area contributed by atoms with Gasteiger partial charge in [-0.3, -0.25) is 4.79 Å². The zero-order chi connectivity index (χ0) is 15.5. The molecule has 0 saturated heterocycles. The first-order valence-electron chi connectivity index (χ1n) is 6.33. The topological polar surface area (TPSA) is 126 Å². The Balaban J connectivity index is 1.94. The number of carbonyl (C=O) groups is 1. The number of carbonyl (C=O) groups excluding carboxylic acids is 1. The predicted molar refractivity (Wildman–Crippen MR) is 80.7 cm³/mol. The minimum absolute atomic E-state index is 0.0253. The number of sulfonamides is 1. The SMILES string of the molecule is NNc1ncc(Br)cc1S(=O)(=O)NCCNC(=O)C1CC1. The average molecular weight is 378 g/mol. The van der Waals surface area contributed by atoms with E-state index in [1.807, 2.05) is 0 Å². The van der Waals surface area contributed by atoms with Gasteiger partial charge in [0.1, 0.15) is 4.90 Å². The summed E-state index contributed by atoms with van der Waals surface area (Å²) in [5.74, 6) is 5.38. The van der Waals surface area contributed by atoms with Crippen molar-refractivity contribution in [2.24, 2.45) is 11.8 Å². The summed E-state index contributed by atoms with van der Waals surface area (Å²) < 4.78 is 27.3. The van der Waals surface area contributed by atoms with Crippen LogP contribution in [0.4, 0.5) is 5.82 Å². The van der Waals surface area contributed by atoms with E-state index in [-0.39, 0.29) is 35.6 Å². The Hall–Kier alpha value is -1.23. The molecular formula is C11H16BrN5O3S. The number of hydrogen-bond donors (Lipinski definition) is 4. The summed E-state index contributed by atoms with van der Waals surface area (Å²) in [6.07, 6.45) is 3.25. The fourth-order valence-electron chi connectivity index (χ4n) is 1.67.